The maximum Gasteiger partial charge on any atom is 0.0461 e. The van der Waals surface area contributed by atoms with Gasteiger partial charge >= 0.3 is 0 Å². The second-order valence-corrected chi connectivity index (χ2v) is 14.3. The molecule has 0 bridgehead atoms. The van der Waals surface area contributed by atoms with E-state index in [2.05, 4.69) is 193 Å². The molecule has 1 saturated carbocycles. The average Bonchev–Trinajstić information content (AvgIpc) is 3.67. The summed E-state index contributed by atoms with van der Waals surface area (Å²) in [5.74, 6) is 1.28. The molecule has 0 N–H and O–H groups in total. The molecule has 5 aromatic rings. The minimum Gasteiger partial charge on any atom is -0.318 e. The third-order valence-corrected chi connectivity index (χ3v) is 11.9. The minimum atomic E-state index is -0.145. The lowest BCUT2D eigenvalue weighted by molar-refractivity contribution is 0.367. The zero-order valence-electron chi connectivity index (χ0n) is 28.1. The van der Waals surface area contributed by atoms with Crippen LogP contribution in [0.3, 0.4) is 0 Å². The van der Waals surface area contributed by atoms with E-state index < -0.39 is 0 Å². The molecule has 5 aliphatic rings. The smallest absolute Gasteiger partial charge is 0.0461 e. The summed E-state index contributed by atoms with van der Waals surface area (Å²) in [7, 11) is 0. The van der Waals surface area contributed by atoms with E-state index in [0.29, 0.717) is 17.8 Å². The molecule has 5 aromatic carbocycles. The van der Waals surface area contributed by atoms with Crippen LogP contribution in [0.4, 0.5) is 5.69 Å². The summed E-state index contributed by atoms with van der Waals surface area (Å²) in [5.41, 5.74) is 14.7. The van der Waals surface area contributed by atoms with E-state index in [9.17, 15) is 0 Å². The largest absolute Gasteiger partial charge is 0.318 e. The van der Waals surface area contributed by atoms with Gasteiger partial charge in [0.15, 0.2) is 0 Å². The first kappa shape index (κ1) is 29.3. The molecule has 4 unspecified atom stereocenters. The zero-order valence-corrected chi connectivity index (χ0v) is 28.1. The van der Waals surface area contributed by atoms with E-state index in [-0.39, 0.29) is 11.3 Å². The van der Waals surface area contributed by atoms with E-state index in [1.807, 2.05) is 0 Å². The maximum atomic E-state index is 2.65. The molecule has 0 amide bonds. The molecule has 0 saturated heterocycles. The van der Waals surface area contributed by atoms with Crippen LogP contribution in [-0.4, -0.2) is 0 Å². The van der Waals surface area contributed by atoms with Crippen LogP contribution >= 0.6 is 0 Å². The van der Waals surface area contributed by atoms with Gasteiger partial charge in [-0.15, -0.1) is 0 Å². The number of rotatable bonds is 5. The van der Waals surface area contributed by atoms with Gasteiger partial charge in [0.25, 0.3) is 0 Å². The van der Waals surface area contributed by atoms with E-state index in [4.69, 9.17) is 0 Å². The van der Waals surface area contributed by atoms with E-state index in [1.165, 1.54) is 61.6 Å². The Labute approximate surface area is 295 Å². The lowest BCUT2D eigenvalue weighted by atomic mass is 9.63. The van der Waals surface area contributed by atoms with Gasteiger partial charge in [-0.3, -0.25) is 0 Å². The van der Waals surface area contributed by atoms with Gasteiger partial charge in [0.1, 0.15) is 0 Å². The lowest BCUT2D eigenvalue weighted by Crippen LogP contribution is -2.38. The minimum absolute atomic E-state index is 0.145. The van der Waals surface area contributed by atoms with Gasteiger partial charge in [0, 0.05) is 34.3 Å². The summed E-state index contributed by atoms with van der Waals surface area (Å²) in [5, 5.41) is 0. The Hall–Kier alpha value is -5.66. The quantitative estimate of drug-likeness (QED) is 0.185. The van der Waals surface area contributed by atoms with E-state index in [0.717, 1.165) is 12.8 Å². The van der Waals surface area contributed by atoms with Crippen molar-refractivity contribution in [3.8, 4) is 22.3 Å². The average molecular weight is 642 g/mol. The van der Waals surface area contributed by atoms with Crippen LogP contribution < -0.4 is 4.90 Å². The fourth-order valence-corrected chi connectivity index (χ4v) is 10.1. The number of benzene rings is 5. The Morgan fingerprint density at radius 3 is 1.96 bits per heavy atom. The van der Waals surface area contributed by atoms with Gasteiger partial charge in [0.05, 0.1) is 0 Å². The topological polar surface area (TPSA) is 3.24 Å². The van der Waals surface area contributed by atoms with Crippen LogP contribution in [0, 0.1) is 23.7 Å². The molecular formula is C49H39N. The highest BCUT2D eigenvalue weighted by atomic mass is 15.2. The third-order valence-electron chi connectivity index (χ3n) is 11.9. The van der Waals surface area contributed by atoms with Gasteiger partial charge in [-0.1, -0.05) is 164 Å². The summed E-state index contributed by atoms with van der Waals surface area (Å²) in [6, 6.07) is 49.4. The highest BCUT2D eigenvalue weighted by Crippen LogP contribution is 2.68. The molecule has 0 radical (unpaired) electrons. The fraction of sp³-hybridized carbons (Fsp3) is 0.143. The molecule has 1 heteroatoms. The summed E-state index contributed by atoms with van der Waals surface area (Å²) in [4.78, 5) is 2.65. The second kappa shape index (κ2) is 11.7. The Morgan fingerprint density at radius 1 is 0.560 bits per heavy atom. The van der Waals surface area contributed by atoms with Crippen molar-refractivity contribution in [3.63, 3.8) is 0 Å². The van der Waals surface area contributed by atoms with Gasteiger partial charge < -0.3 is 4.90 Å². The first-order valence-electron chi connectivity index (χ1n) is 18.2. The van der Waals surface area contributed by atoms with Gasteiger partial charge in [-0.25, -0.2) is 0 Å². The van der Waals surface area contributed by atoms with Crippen molar-refractivity contribution in [3.05, 3.63) is 216 Å². The molecule has 1 fully saturated rings. The molecule has 10 rings (SSSR count). The maximum absolute atomic E-state index is 2.65. The van der Waals surface area contributed by atoms with E-state index in [1.54, 1.807) is 0 Å². The number of allylic oxidation sites excluding steroid dienone is 12. The monoisotopic (exact) mass is 641 g/mol. The fourth-order valence-electron chi connectivity index (χ4n) is 10.1. The van der Waals surface area contributed by atoms with Crippen molar-refractivity contribution >= 4 is 11.3 Å². The van der Waals surface area contributed by atoms with Crippen LogP contribution in [0.2, 0.25) is 0 Å². The molecule has 240 valence electrons. The zero-order chi connectivity index (χ0) is 33.1. The molecule has 0 heterocycles. The van der Waals surface area contributed by atoms with Crippen LogP contribution in [0.25, 0.3) is 27.8 Å². The molecule has 0 aromatic heterocycles. The Bertz CT molecular complexity index is 2250. The first-order valence-corrected chi connectivity index (χ1v) is 18.2. The van der Waals surface area contributed by atoms with Crippen molar-refractivity contribution in [1.82, 2.24) is 0 Å². The van der Waals surface area contributed by atoms with Crippen LogP contribution in [0.15, 0.2) is 200 Å². The van der Waals surface area contributed by atoms with Gasteiger partial charge in [0.2, 0.25) is 0 Å². The number of hydrogen-bond donors (Lipinski definition) is 0. The Balaban J connectivity index is 1.17. The number of fused-ring (bicyclic) bond motifs is 10. The normalized spacial score (nSPS) is 23.3. The highest BCUT2D eigenvalue weighted by molar-refractivity contribution is 5.84. The SMILES string of the molecule is C1=CC2C3C(N(C4=CC(c5ccccc5)=CCC4)c4cccc(-c5ccccc5)c4)=CC=CC3C3(c4ccccc4-c4ccccc43)C2C=C1. The van der Waals surface area contributed by atoms with Crippen molar-refractivity contribution in [2.24, 2.45) is 23.7 Å². The third kappa shape index (κ3) is 4.33. The molecule has 50 heavy (non-hydrogen) atoms. The van der Waals surface area contributed by atoms with Gasteiger partial charge in [-0.05, 0) is 93.5 Å². The molecule has 0 aliphatic heterocycles. The van der Waals surface area contributed by atoms with Crippen LogP contribution in [-0.2, 0) is 5.41 Å². The lowest BCUT2D eigenvalue weighted by Gasteiger charge is -2.42. The predicted molar refractivity (Wildman–Crippen MR) is 208 cm³/mol. The van der Waals surface area contributed by atoms with Gasteiger partial charge in [-0.2, -0.15) is 0 Å². The Kier molecular flexibility index (Phi) is 6.88. The van der Waals surface area contributed by atoms with Crippen molar-refractivity contribution < 1.29 is 0 Å². The number of nitrogens with zero attached hydrogens (tertiary/aromatic N) is 1. The summed E-state index contributed by atoms with van der Waals surface area (Å²) >= 11 is 0. The molecule has 1 spiro atoms. The van der Waals surface area contributed by atoms with E-state index >= 15 is 0 Å². The second-order valence-electron chi connectivity index (χ2n) is 14.3. The van der Waals surface area contributed by atoms with Crippen LogP contribution in [0.1, 0.15) is 29.5 Å². The van der Waals surface area contributed by atoms with Crippen molar-refractivity contribution in [1.29, 1.82) is 0 Å². The summed E-state index contributed by atoms with van der Waals surface area (Å²) < 4.78 is 0. The van der Waals surface area contributed by atoms with Crippen molar-refractivity contribution in [2.45, 2.75) is 18.3 Å². The van der Waals surface area contributed by atoms with Crippen molar-refractivity contribution in [2.75, 3.05) is 4.90 Å². The summed E-state index contributed by atoms with van der Waals surface area (Å²) in [6.07, 6.45) is 23.9. The predicted octanol–water partition coefficient (Wildman–Crippen LogP) is 11.9. The highest BCUT2D eigenvalue weighted by Gasteiger charge is 2.64. The standard InChI is InChI=1S/C49H39N/c1-3-16-34(17-4-1)36-20-13-22-38(32-36)50(39-23-14-21-37(33-39)35-18-5-2-6-19-35)47-31-15-30-46-48(47)42-26-9-12-29-45(42)49(46)43-27-10-7-24-40(43)41-25-8-11-28-44(41)49/h1-13,15-22,24-33,42,45-46,48H,14,23H2. The molecule has 5 aliphatic carbocycles. The number of hydrogen-bond acceptors (Lipinski definition) is 1. The molecular weight excluding hydrogens is 603 g/mol. The Morgan fingerprint density at radius 2 is 1.20 bits per heavy atom. The molecule has 4 atom stereocenters. The number of anilines is 1. The van der Waals surface area contributed by atoms with Crippen LogP contribution in [0.5, 0.6) is 0 Å². The first-order chi connectivity index (χ1) is 24.8. The molecule has 1 nitrogen and oxygen atoms in total. The summed E-state index contributed by atoms with van der Waals surface area (Å²) in [6.45, 7) is 0.